The Balaban J connectivity index is 1.98. The van der Waals surface area contributed by atoms with Crippen LogP contribution in [0.25, 0.3) is 0 Å². The van der Waals surface area contributed by atoms with Crippen molar-refractivity contribution in [3.05, 3.63) is 64.7 Å². The van der Waals surface area contributed by atoms with E-state index < -0.39 is 7.12 Å². The predicted octanol–water partition coefficient (Wildman–Crippen LogP) is 2.45. The van der Waals surface area contributed by atoms with Gasteiger partial charge in [0, 0.05) is 16.5 Å². The Morgan fingerprint density at radius 3 is 2.16 bits per heavy atom. The molecule has 0 radical (unpaired) electrons. The first kappa shape index (κ1) is 14.5. The van der Waals surface area contributed by atoms with E-state index in [0.29, 0.717) is 5.46 Å². The highest BCUT2D eigenvalue weighted by atomic mass is 35.5. The number of thioether (sulfide) groups is 1. The average Bonchev–Trinajstić information content (AvgIpc) is 2.41. The van der Waals surface area contributed by atoms with Gasteiger partial charge in [0.05, 0.1) is 0 Å². The third-order valence-electron chi connectivity index (χ3n) is 2.81. The predicted molar refractivity (Wildman–Crippen MR) is 82.7 cm³/mol. The second-order valence-corrected chi connectivity index (χ2v) is 5.55. The standard InChI is InChI=1S/C14H14BClO2S/c16-14-8-4-2-6-12(14)10-19-9-11-5-1-3-7-13(11)15(17)18/h1-8,17-18H,9-10H2. The molecule has 0 amide bonds. The summed E-state index contributed by atoms with van der Waals surface area (Å²) in [6.07, 6.45) is 0. The van der Waals surface area contributed by atoms with Crippen LogP contribution < -0.4 is 5.46 Å². The van der Waals surface area contributed by atoms with E-state index in [9.17, 15) is 10.0 Å². The summed E-state index contributed by atoms with van der Waals surface area (Å²) in [5.74, 6) is 1.52. The van der Waals surface area contributed by atoms with E-state index in [4.69, 9.17) is 11.6 Å². The minimum Gasteiger partial charge on any atom is -0.423 e. The van der Waals surface area contributed by atoms with Crippen molar-refractivity contribution in [2.45, 2.75) is 11.5 Å². The van der Waals surface area contributed by atoms with E-state index in [0.717, 1.165) is 27.7 Å². The molecular formula is C14H14BClO2S. The number of hydrogen-bond donors (Lipinski definition) is 2. The molecule has 0 saturated carbocycles. The average molecular weight is 293 g/mol. The molecule has 5 heteroatoms. The SMILES string of the molecule is OB(O)c1ccccc1CSCc1ccccc1Cl. The first-order valence-corrected chi connectivity index (χ1v) is 7.47. The molecule has 0 spiro atoms. The van der Waals surface area contributed by atoms with Crippen molar-refractivity contribution in [2.75, 3.05) is 0 Å². The van der Waals surface area contributed by atoms with Gasteiger partial charge in [0.2, 0.25) is 0 Å². The van der Waals surface area contributed by atoms with Gasteiger partial charge in [-0.2, -0.15) is 11.8 Å². The van der Waals surface area contributed by atoms with Gasteiger partial charge in [0.1, 0.15) is 0 Å². The molecule has 0 saturated heterocycles. The van der Waals surface area contributed by atoms with Crippen molar-refractivity contribution < 1.29 is 10.0 Å². The number of benzene rings is 2. The van der Waals surface area contributed by atoms with Crippen molar-refractivity contribution in [3.8, 4) is 0 Å². The van der Waals surface area contributed by atoms with Crippen molar-refractivity contribution in [1.29, 1.82) is 0 Å². The lowest BCUT2D eigenvalue weighted by Gasteiger charge is -2.09. The van der Waals surface area contributed by atoms with Crippen LogP contribution in [-0.4, -0.2) is 17.2 Å². The maximum atomic E-state index is 9.29. The van der Waals surface area contributed by atoms with Crippen LogP contribution in [0.4, 0.5) is 0 Å². The molecule has 0 aliphatic carbocycles. The highest BCUT2D eigenvalue weighted by molar-refractivity contribution is 7.97. The fourth-order valence-electron chi connectivity index (χ4n) is 1.80. The first-order valence-electron chi connectivity index (χ1n) is 5.93. The molecule has 0 heterocycles. The van der Waals surface area contributed by atoms with E-state index >= 15 is 0 Å². The molecule has 2 aromatic rings. The second kappa shape index (κ2) is 7.01. The molecule has 0 aromatic heterocycles. The lowest BCUT2D eigenvalue weighted by molar-refractivity contribution is 0.425. The highest BCUT2D eigenvalue weighted by Gasteiger charge is 2.14. The summed E-state index contributed by atoms with van der Waals surface area (Å²) in [4.78, 5) is 0. The van der Waals surface area contributed by atoms with Crippen LogP contribution in [0.15, 0.2) is 48.5 Å². The zero-order valence-electron chi connectivity index (χ0n) is 10.3. The van der Waals surface area contributed by atoms with E-state index in [-0.39, 0.29) is 0 Å². The first-order chi connectivity index (χ1) is 9.18. The molecule has 0 bridgehead atoms. The molecule has 2 aromatic carbocycles. The van der Waals surface area contributed by atoms with Crippen LogP contribution in [0, 0.1) is 0 Å². The van der Waals surface area contributed by atoms with Gasteiger partial charge >= 0.3 is 7.12 Å². The van der Waals surface area contributed by atoms with Crippen LogP contribution in [0.3, 0.4) is 0 Å². The summed E-state index contributed by atoms with van der Waals surface area (Å²) in [5, 5.41) is 19.3. The molecule has 2 N–H and O–H groups in total. The molecule has 0 aliphatic heterocycles. The monoisotopic (exact) mass is 292 g/mol. The molecule has 98 valence electrons. The van der Waals surface area contributed by atoms with Gasteiger partial charge in [-0.25, -0.2) is 0 Å². The second-order valence-electron chi connectivity index (χ2n) is 4.16. The van der Waals surface area contributed by atoms with Gasteiger partial charge in [-0.15, -0.1) is 0 Å². The van der Waals surface area contributed by atoms with Gasteiger partial charge in [-0.05, 0) is 22.7 Å². The normalized spacial score (nSPS) is 10.5. The summed E-state index contributed by atoms with van der Waals surface area (Å²) in [7, 11) is -1.42. The summed E-state index contributed by atoms with van der Waals surface area (Å²) in [6.45, 7) is 0. The Bertz CT molecular complexity index is 548. The van der Waals surface area contributed by atoms with Gasteiger partial charge in [0.25, 0.3) is 0 Å². The van der Waals surface area contributed by atoms with Crippen LogP contribution >= 0.6 is 23.4 Å². The zero-order chi connectivity index (χ0) is 13.7. The molecule has 2 nitrogen and oxygen atoms in total. The largest absolute Gasteiger partial charge is 0.488 e. The third kappa shape index (κ3) is 4.01. The van der Waals surface area contributed by atoms with E-state index in [2.05, 4.69) is 0 Å². The number of rotatable bonds is 5. The topological polar surface area (TPSA) is 40.5 Å². The van der Waals surface area contributed by atoms with Gasteiger partial charge in [-0.1, -0.05) is 54.1 Å². The molecule has 0 aliphatic rings. The van der Waals surface area contributed by atoms with Crippen molar-refractivity contribution in [3.63, 3.8) is 0 Å². The molecule has 19 heavy (non-hydrogen) atoms. The molecule has 0 atom stereocenters. The van der Waals surface area contributed by atoms with Crippen LogP contribution in [0.1, 0.15) is 11.1 Å². The van der Waals surface area contributed by atoms with Gasteiger partial charge < -0.3 is 10.0 Å². The maximum Gasteiger partial charge on any atom is 0.488 e. The fourth-order valence-corrected chi connectivity index (χ4v) is 3.14. The molecule has 2 rings (SSSR count). The lowest BCUT2D eigenvalue weighted by atomic mass is 9.77. The summed E-state index contributed by atoms with van der Waals surface area (Å²) >= 11 is 7.79. The van der Waals surface area contributed by atoms with Crippen LogP contribution in [0.5, 0.6) is 0 Å². The quantitative estimate of drug-likeness (QED) is 0.832. The van der Waals surface area contributed by atoms with Crippen LogP contribution in [-0.2, 0) is 11.5 Å². The fraction of sp³-hybridized carbons (Fsp3) is 0.143. The summed E-state index contributed by atoms with van der Waals surface area (Å²) < 4.78 is 0. The Morgan fingerprint density at radius 1 is 0.895 bits per heavy atom. The van der Waals surface area contributed by atoms with Crippen molar-refractivity contribution in [1.82, 2.24) is 0 Å². The van der Waals surface area contributed by atoms with Crippen LogP contribution in [0.2, 0.25) is 5.02 Å². The summed E-state index contributed by atoms with van der Waals surface area (Å²) in [5.41, 5.74) is 2.60. The van der Waals surface area contributed by atoms with E-state index in [1.54, 1.807) is 23.9 Å². The number of hydrogen-bond acceptors (Lipinski definition) is 3. The molecule has 0 unspecified atom stereocenters. The molecule has 0 fully saturated rings. The van der Waals surface area contributed by atoms with Gasteiger partial charge in [-0.3, -0.25) is 0 Å². The summed E-state index contributed by atoms with van der Waals surface area (Å²) in [6, 6.07) is 15.1. The minimum atomic E-state index is -1.42. The Morgan fingerprint density at radius 2 is 1.47 bits per heavy atom. The van der Waals surface area contributed by atoms with E-state index in [1.807, 2.05) is 36.4 Å². The Hall–Kier alpha value is -0.935. The Kier molecular flexibility index (Phi) is 5.34. The smallest absolute Gasteiger partial charge is 0.423 e. The molecular weight excluding hydrogens is 278 g/mol. The van der Waals surface area contributed by atoms with Crippen molar-refractivity contribution >= 4 is 35.9 Å². The van der Waals surface area contributed by atoms with Gasteiger partial charge in [0.15, 0.2) is 0 Å². The third-order valence-corrected chi connectivity index (χ3v) is 4.21. The minimum absolute atomic E-state index is 0.564. The Labute approximate surface area is 122 Å². The van der Waals surface area contributed by atoms with E-state index in [1.165, 1.54) is 0 Å². The highest BCUT2D eigenvalue weighted by Crippen LogP contribution is 2.22. The number of halogens is 1. The zero-order valence-corrected chi connectivity index (χ0v) is 11.9. The lowest BCUT2D eigenvalue weighted by Crippen LogP contribution is -2.32. The maximum absolute atomic E-state index is 9.29. The van der Waals surface area contributed by atoms with Crippen molar-refractivity contribution in [2.24, 2.45) is 0 Å².